The highest BCUT2D eigenvalue weighted by Crippen LogP contribution is 2.43. The first kappa shape index (κ1) is 68.0. The molecule has 0 bridgehead atoms. The van der Waals surface area contributed by atoms with Crippen LogP contribution in [0.25, 0.3) is 0 Å². The average molecular weight is 1010 g/mol. The third-order valence-corrected chi connectivity index (χ3v) is 13.8. The van der Waals surface area contributed by atoms with Crippen LogP contribution in [0.1, 0.15) is 290 Å². The van der Waals surface area contributed by atoms with E-state index in [0.29, 0.717) is 19.3 Å². The molecule has 3 atom stereocenters. The molecule has 0 aromatic heterocycles. The molecule has 11 nitrogen and oxygen atoms in total. The van der Waals surface area contributed by atoms with E-state index in [9.17, 15) is 28.9 Å². The van der Waals surface area contributed by atoms with Crippen molar-refractivity contribution >= 4 is 25.7 Å². The highest BCUT2D eigenvalue weighted by Gasteiger charge is 2.28. The minimum atomic E-state index is -4.74. The number of phosphoric ester groups is 1. The SMILES string of the molecule is CCC/C=C\C/C=C\CCCCCCCC(=O)OCC(COP(=O)(O)OCC(CO)OC(=O)CCCCCCCCCCCCCCCCC)OC(=O)CCCCCCCCCCCCCCCCC. The fraction of sp³-hybridized carbons (Fsp3) is 0.879. The quantitative estimate of drug-likeness (QED) is 0.0197. The number of aliphatic hydroxyl groups is 1. The van der Waals surface area contributed by atoms with Gasteiger partial charge in [-0.3, -0.25) is 23.4 Å². The van der Waals surface area contributed by atoms with E-state index in [1.165, 1.54) is 148 Å². The van der Waals surface area contributed by atoms with E-state index in [1.807, 2.05) is 0 Å². The van der Waals surface area contributed by atoms with E-state index in [4.69, 9.17) is 23.3 Å². The fourth-order valence-electron chi connectivity index (χ4n) is 8.40. The third kappa shape index (κ3) is 50.9. The Kier molecular flexibility index (Phi) is 51.7. The van der Waals surface area contributed by atoms with Crippen LogP contribution in [0.15, 0.2) is 24.3 Å². The van der Waals surface area contributed by atoms with Crippen LogP contribution in [0.3, 0.4) is 0 Å². The smallest absolute Gasteiger partial charge is 0.462 e. The molecule has 0 saturated heterocycles. The lowest BCUT2D eigenvalue weighted by molar-refractivity contribution is -0.161. The Morgan fingerprint density at radius 2 is 0.729 bits per heavy atom. The monoisotopic (exact) mass is 1010 g/mol. The Labute approximate surface area is 429 Å². The van der Waals surface area contributed by atoms with E-state index in [-0.39, 0.29) is 25.9 Å². The number of rotatable bonds is 55. The summed E-state index contributed by atoms with van der Waals surface area (Å²) in [5.41, 5.74) is 0. The van der Waals surface area contributed by atoms with Gasteiger partial charge in [-0.2, -0.15) is 0 Å². The van der Waals surface area contributed by atoms with Crippen LogP contribution < -0.4 is 0 Å². The van der Waals surface area contributed by atoms with Gasteiger partial charge in [0.15, 0.2) is 6.10 Å². The van der Waals surface area contributed by atoms with Gasteiger partial charge >= 0.3 is 25.7 Å². The Morgan fingerprint density at radius 3 is 1.11 bits per heavy atom. The molecule has 412 valence electrons. The first-order valence-electron chi connectivity index (χ1n) is 29.2. The summed E-state index contributed by atoms with van der Waals surface area (Å²) < 4.78 is 39.5. The number of carbonyl (C=O) groups excluding carboxylic acids is 3. The Hall–Kier alpha value is -2.04. The van der Waals surface area contributed by atoms with Gasteiger partial charge in [0, 0.05) is 19.3 Å². The normalized spacial score (nSPS) is 13.5. The summed E-state index contributed by atoms with van der Waals surface area (Å²) in [6, 6.07) is 0. The zero-order chi connectivity index (χ0) is 51.3. The Balaban J connectivity index is 4.67. The van der Waals surface area contributed by atoms with Gasteiger partial charge in [-0.1, -0.05) is 251 Å². The van der Waals surface area contributed by atoms with Gasteiger partial charge in [0.1, 0.15) is 12.7 Å². The van der Waals surface area contributed by atoms with Gasteiger partial charge in [-0.15, -0.1) is 0 Å². The molecule has 2 N–H and O–H groups in total. The Bertz CT molecular complexity index is 1270. The van der Waals surface area contributed by atoms with Crippen molar-refractivity contribution < 1.29 is 52.2 Å². The van der Waals surface area contributed by atoms with Gasteiger partial charge in [0.2, 0.25) is 0 Å². The fourth-order valence-corrected chi connectivity index (χ4v) is 9.18. The van der Waals surface area contributed by atoms with Crippen LogP contribution in [0.5, 0.6) is 0 Å². The largest absolute Gasteiger partial charge is 0.472 e. The van der Waals surface area contributed by atoms with Crippen LogP contribution in [0.4, 0.5) is 0 Å². The predicted molar refractivity (Wildman–Crippen MR) is 289 cm³/mol. The van der Waals surface area contributed by atoms with E-state index < -0.39 is 57.8 Å². The predicted octanol–water partition coefficient (Wildman–Crippen LogP) is 17.0. The lowest BCUT2D eigenvalue weighted by Crippen LogP contribution is -2.30. The molecule has 0 aliphatic heterocycles. The molecule has 0 saturated carbocycles. The number of hydrogen-bond acceptors (Lipinski definition) is 10. The third-order valence-electron chi connectivity index (χ3n) is 12.9. The van der Waals surface area contributed by atoms with Crippen molar-refractivity contribution in [3.8, 4) is 0 Å². The van der Waals surface area contributed by atoms with Gasteiger partial charge in [-0.05, 0) is 44.9 Å². The molecule has 0 rings (SSSR count). The molecule has 3 unspecified atom stereocenters. The van der Waals surface area contributed by atoms with Gasteiger partial charge in [0.05, 0.1) is 19.8 Å². The van der Waals surface area contributed by atoms with Gasteiger partial charge in [0.25, 0.3) is 0 Å². The van der Waals surface area contributed by atoms with Crippen molar-refractivity contribution in [2.24, 2.45) is 0 Å². The highest BCUT2D eigenvalue weighted by molar-refractivity contribution is 7.47. The van der Waals surface area contributed by atoms with E-state index in [1.54, 1.807) is 0 Å². The second-order valence-corrected chi connectivity index (χ2v) is 21.3. The van der Waals surface area contributed by atoms with Crippen molar-refractivity contribution in [1.29, 1.82) is 0 Å². The molecule has 0 fully saturated rings. The van der Waals surface area contributed by atoms with E-state index >= 15 is 0 Å². The standard InChI is InChI=1S/C58H109O11P/c1-4-7-10-13-16-19-22-25-27-30-33-36-39-42-45-48-57(61)68-54(50-59)52-66-70(63,64)67-53-55(51-65-56(60)47-44-41-38-35-32-29-24-21-18-15-12-9-6-3)69-58(62)49-46-43-40-37-34-31-28-26-23-20-17-14-11-8-5-2/h12,15,21,24,54-55,59H,4-11,13-14,16-20,22-23,25-53H2,1-3H3,(H,63,64)/b15-12-,24-21-. The molecular weight excluding hydrogens is 904 g/mol. The van der Waals surface area contributed by atoms with E-state index in [2.05, 4.69) is 45.1 Å². The van der Waals surface area contributed by atoms with Crippen LogP contribution in [0.2, 0.25) is 0 Å². The molecule has 70 heavy (non-hydrogen) atoms. The summed E-state index contributed by atoms with van der Waals surface area (Å²) in [7, 11) is -4.74. The minimum absolute atomic E-state index is 0.171. The lowest BCUT2D eigenvalue weighted by atomic mass is 10.0. The summed E-state index contributed by atoms with van der Waals surface area (Å²) in [6.45, 7) is 4.62. The molecule has 0 heterocycles. The van der Waals surface area contributed by atoms with Crippen LogP contribution in [-0.2, 0) is 42.2 Å². The topological polar surface area (TPSA) is 155 Å². The van der Waals surface area contributed by atoms with Crippen molar-refractivity contribution in [1.82, 2.24) is 0 Å². The number of unbranched alkanes of at least 4 members (excludes halogenated alkanes) is 34. The molecule has 12 heteroatoms. The van der Waals surface area contributed by atoms with Crippen LogP contribution in [0, 0.1) is 0 Å². The first-order valence-corrected chi connectivity index (χ1v) is 30.7. The highest BCUT2D eigenvalue weighted by atomic mass is 31.2. The van der Waals surface area contributed by atoms with Crippen molar-refractivity contribution in [2.45, 2.75) is 303 Å². The molecule has 0 radical (unpaired) electrons. The number of esters is 3. The number of hydrogen-bond donors (Lipinski definition) is 2. The second kappa shape index (κ2) is 53.3. The first-order chi connectivity index (χ1) is 34.2. The van der Waals surface area contributed by atoms with E-state index in [0.717, 1.165) is 83.5 Å². The van der Waals surface area contributed by atoms with Crippen LogP contribution >= 0.6 is 7.82 Å². The summed E-state index contributed by atoms with van der Waals surface area (Å²) in [5, 5.41) is 9.81. The zero-order valence-corrected chi connectivity index (χ0v) is 46.4. The second-order valence-electron chi connectivity index (χ2n) is 19.8. The number of ether oxygens (including phenoxy) is 3. The maximum atomic E-state index is 12.9. The molecule has 0 aromatic carbocycles. The molecule has 0 aliphatic rings. The van der Waals surface area contributed by atoms with Gasteiger partial charge in [-0.25, -0.2) is 4.57 Å². The van der Waals surface area contributed by atoms with Crippen molar-refractivity contribution in [2.75, 3.05) is 26.4 Å². The Morgan fingerprint density at radius 1 is 0.400 bits per heavy atom. The molecule has 0 spiro atoms. The summed E-state index contributed by atoms with van der Waals surface area (Å²) in [4.78, 5) is 48.5. The molecule has 0 aliphatic carbocycles. The summed E-state index contributed by atoms with van der Waals surface area (Å²) in [5.74, 6) is -1.46. The number of carbonyl (C=O) groups is 3. The summed E-state index contributed by atoms with van der Waals surface area (Å²) >= 11 is 0. The molecule has 0 aromatic rings. The molecule has 0 amide bonds. The van der Waals surface area contributed by atoms with Crippen molar-refractivity contribution in [3.63, 3.8) is 0 Å². The summed E-state index contributed by atoms with van der Waals surface area (Å²) in [6.07, 6.45) is 52.7. The minimum Gasteiger partial charge on any atom is -0.462 e. The maximum Gasteiger partial charge on any atom is 0.472 e. The zero-order valence-electron chi connectivity index (χ0n) is 45.5. The lowest BCUT2D eigenvalue weighted by Gasteiger charge is -2.21. The number of phosphoric acid groups is 1. The van der Waals surface area contributed by atoms with Crippen molar-refractivity contribution in [3.05, 3.63) is 24.3 Å². The maximum absolute atomic E-state index is 12.9. The van der Waals surface area contributed by atoms with Crippen LogP contribution in [-0.4, -0.2) is 66.5 Å². The number of allylic oxidation sites excluding steroid dienone is 4. The number of aliphatic hydroxyl groups excluding tert-OH is 1. The average Bonchev–Trinajstić information content (AvgIpc) is 3.35. The molecular formula is C58H109O11P. The van der Waals surface area contributed by atoms with Gasteiger partial charge < -0.3 is 24.2 Å².